The van der Waals surface area contributed by atoms with Gasteiger partial charge in [-0.15, -0.1) is 0 Å². The quantitative estimate of drug-likeness (QED) is 0.784. The molecule has 6 heteroatoms. The summed E-state index contributed by atoms with van der Waals surface area (Å²) in [4.78, 5) is 10.4. The van der Waals surface area contributed by atoms with E-state index >= 15 is 0 Å². The predicted molar refractivity (Wildman–Crippen MR) is 101 cm³/mol. The zero-order valence-electron chi connectivity index (χ0n) is 15.7. The number of hydrogen-bond donors (Lipinski definition) is 1. The van der Waals surface area contributed by atoms with Crippen LogP contribution in [0.3, 0.4) is 0 Å². The molecule has 0 amide bonds. The molecule has 0 unspecified atom stereocenters. The van der Waals surface area contributed by atoms with Crippen LogP contribution in [0.5, 0.6) is 11.5 Å². The van der Waals surface area contributed by atoms with Crippen LogP contribution in [0.1, 0.15) is 24.5 Å². The fourth-order valence-corrected chi connectivity index (χ4v) is 3.13. The second-order valence-electron chi connectivity index (χ2n) is 6.31. The number of aromatic nitrogens is 1. The molecule has 2 aromatic rings. The topological polar surface area (TPSA) is 55.9 Å². The number of hydroxylamine groups is 2. The molecule has 0 bridgehead atoms. The van der Waals surface area contributed by atoms with E-state index in [4.69, 9.17) is 14.3 Å². The lowest BCUT2D eigenvalue weighted by Crippen LogP contribution is -2.22. The van der Waals surface area contributed by atoms with Crippen molar-refractivity contribution in [3.63, 3.8) is 0 Å². The Morgan fingerprint density at radius 2 is 2.08 bits per heavy atom. The molecule has 0 radical (unpaired) electrons. The predicted octanol–water partition coefficient (Wildman–Crippen LogP) is 3.01. The molecule has 1 aromatic carbocycles. The molecule has 26 heavy (non-hydrogen) atoms. The molecule has 1 aromatic heterocycles. The summed E-state index contributed by atoms with van der Waals surface area (Å²) in [6.45, 7) is 5.34. The number of nitrogens with one attached hydrogen (secondary N) is 1. The summed E-state index contributed by atoms with van der Waals surface area (Å²) in [6.07, 6.45) is 3.79. The fraction of sp³-hybridized carbons (Fsp3) is 0.450. The van der Waals surface area contributed by atoms with Crippen LogP contribution in [-0.4, -0.2) is 44.0 Å². The summed E-state index contributed by atoms with van der Waals surface area (Å²) < 4.78 is 11.1. The van der Waals surface area contributed by atoms with E-state index in [9.17, 15) is 0 Å². The lowest BCUT2D eigenvalue weighted by molar-refractivity contribution is -0.154. The minimum absolute atomic E-state index is 0.534. The van der Waals surface area contributed by atoms with Gasteiger partial charge in [0.15, 0.2) is 11.5 Å². The Balaban J connectivity index is 1.85. The summed E-state index contributed by atoms with van der Waals surface area (Å²) in [5, 5.41) is 5.19. The largest absolute Gasteiger partial charge is 0.493 e. The molecule has 0 atom stereocenters. The molecule has 1 saturated heterocycles. The van der Waals surface area contributed by atoms with E-state index in [1.165, 1.54) is 0 Å². The van der Waals surface area contributed by atoms with Crippen LogP contribution in [0.25, 0.3) is 11.3 Å². The lowest BCUT2D eigenvalue weighted by Gasteiger charge is -2.16. The number of benzene rings is 1. The number of pyridine rings is 1. The third-order valence-corrected chi connectivity index (χ3v) is 4.44. The van der Waals surface area contributed by atoms with Crippen LogP contribution in [0.15, 0.2) is 30.5 Å². The molecule has 1 N–H and O–H groups in total. The summed E-state index contributed by atoms with van der Waals surface area (Å²) >= 11 is 0. The van der Waals surface area contributed by atoms with Gasteiger partial charge in [0.05, 0.1) is 33.2 Å². The van der Waals surface area contributed by atoms with Gasteiger partial charge in [-0.1, -0.05) is 13.3 Å². The monoisotopic (exact) mass is 357 g/mol. The van der Waals surface area contributed by atoms with Gasteiger partial charge in [-0.2, -0.15) is 5.06 Å². The highest BCUT2D eigenvalue weighted by Crippen LogP contribution is 2.36. The number of aryl methyl sites for hydroxylation is 1. The molecule has 0 aliphatic carbocycles. The first-order valence-electron chi connectivity index (χ1n) is 9.04. The average Bonchev–Trinajstić information content (AvgIpc) is 3.20. The van der Waals surface area contributed by atoms with Crippen LogP contribution in [-0.2, 0) is 17.9 Å². The van der Waals surface area contributed by atoms with Gasteiger partial charge in [-0.05, 0) is 41.8 Å². The average molecular weight is 357 g/mol. The highest BCUT2D eigenvalue weighted by molar-refractivity contribution is 5.67. The van der Waals surface area contributed by atoms with E-state index in [0.29, 0.717) is 6.61 Å². The van der Waals surface area contributed by atoms with E-state index in [0.717, 1.165) is 66.5 Å². The summed E-state index contributed by atoms with van der Waals surface area (Å²) in [5.74, 6) is 1.54. The number of hydrogen-bond acceptors (Lipinski definition) is 6. The second kappa shape index (κ2) is 8.98. The Hall–Kier alpha value is -2.15. The van der Waals surface area contributed by atoms with Gasteiger partial charge in [0.1, 0.15) is 0 Å². The van der Waals surface area contributed by atoms with Gasteiger partial charge < -0.3 is 14.8 Å². The first kappa shape index (κ1) is 18.6. The van der Waals surface area contributed by atoms with E-state index < -0.39 is 0 Å². The van der Waals surface area contributed by atoms with Crippen molar-refractivity contribution in [2.45, 2.75) is 26.4 Å². The van der Waals surface area contributed by atoms with Crippen LogP contribution in [0.2, 0.25) is 0 Å². The molecule has 0 spiro atoms. The normalized spacial score (nSPS) is 14.6. The lowest BCUT2D eigenvalue weighted by atomic mass is 10.0. The molecule has 0 saturated carbocycles. The van der Waals surface area contributed by atoms with Crippen molar-refractivity contribution in [2.24, 2.45) is 0 Å². The fourth-order valence-electron chi connectivity index (χ4n) is 3.13. The molecule has 3 rings (SSSR count). The summed E-state index contributed by atoms with van der Waals surface area (Å²) in [5.41, 5.74) is 4.16. The molecular formula is C20H27N3O3. The van der Waals surface area contributed by atoms with Gasteiger partial charge >= 0.3 is 0 Å². The maximum Gasteiger partial charge on any atom is 0.163 e. The molecular weight excluding hydrogens is 330 g/mol. The van der Waals surface area contributed by atoms with Crippen LogP contribution < -0.4 is 14.8 Å². The van der Waals surface area contributed by atoms with Crippen LogP contribution in [0.4, 0.5) is 0 Å². The number of nitrogens with zero attached hydrogens (tertiary/aromatic N) is 2. The highest BCUT2D eigenvalue weighted by Gasteiger charge is 2.15. The minimum Gasteiger partial charge on any atom is -0.493 e. The Kier molecular flexibility index (Phi) is 6.44. The van der Waals surface area contributed by atoms with Crippen molar-refractivity contribution in [3.05, 3.63) is 41.6 Å². The van der Waals surface area contributed by atoms with Gasteiger partial charge in [-0.3, -0.25) is 9.82 Å². The van der Waals surface area contributed by atoms with Crippen LogP contribution in [0, 0.1) is 0 Å². The first-order valence-corrected chi connectivity index (χ1v) is 9.04. The van der Waals surface area contributed by atoms with E-state index in [-0.39, 0.29) is 0 Å². The Morgan fingerprint density at radius 1 is 1.19 bits per heavy atom. The first-order chi connectivity index (χ1) is 12.7. The molecule has 6 nitrogen and oxygen atoms in total. The van der Waals surface area contributed by atoms with Crippen molar-refractivity contribution in [1.82, 2.24) is 15.4 Å². The van der Waals surface area contributed by atoms with Crippen molar-refractivity contribution in [1.29, 1.82) is 0 Å². The number of ether oxygens (including phenoxy) is 2. The van der Waals surface area contributed by atoms with Gasteiger partial charge in [0.2, 0.25) is 0 Å². The Morgan fingerprint density at radius 3 is 2.77 bits per heavy atom. The van der Waals surface area contributed by atoms with Gasteiger partial charge in [0, 0.05) is 24.8 Å². The summed E-state index contributed by atoms with van der Waals surface area (Å²) in [7, 11) is 3.35. The third-order valence-electron chi connectivity index (χ3n) is 4.44. The molecule has 1 aliphatic rings. The summed E-state index contributed by atoms with van der Waals surface area (Å²) in [6, 6.07) is 8.18. The number of rotatable bonds is 8. The maximum atomic E-state index is 5.82. The molecule has 2 heterocycles. The van der Waals surface area contributed by atoms with Crippen molar-refractivity contribution < 1.29 is 14.3 Å². The van der Waals surface area contributed by atoms with Crippen molar-refractivity contribution >= 4 is 0 Å². The molecule has 140 valence electrons. The van der Waals surface area contributed by atoms with Gasteiger partial charge in [-0.25, -0.2) is 0 Å². The smallest absolute Gasteiger partial charge is 0.163 e. The number of methoxy groups -OCH3 is 2. The van der Waals surface area contributed by atoms with Gasteiger partial charge in [0.25, 0.3) is 0 Å². The van der Waals surface area contributed by atoms with E-state index in [1.807, 2.05) is 23.4 Å². The maximum absolute atomic E-state index is 5.82. The highest BCUT2D eigenvalue weighted by atomic mass is 16.7. The van der Waals surface area contributed by atoms with E-state index in [1.54, 1.807) is 14.2 Å². The molecule has 1 aliphatic heterocycles. The molecule has 1 fully saturated rings. The third kappa shape index (κ3) is 4.33. The standard InChI is InChI=1S/C20H27N3O3/c1-4-5-16-11-17(12-19(24-2)20(16)25-3)18-10-15(6-7-22-18)13-26-23-9-8-21-14-23/h6-7,10-12,21H,4-5,8-9,13-14H2,1-3H3. The Labute approximate surface area is 155 Å². The minimum atomic E-state index is 0.534. The second-order valence-corrected chi connectivity index (χ2v) is 6.31. The van der Waals surface area contributed by atoms with E-state index in [2.05, 4.69) is 29.4 Å². The zero-order chi connectivity index (χ0) is 18.4. The zero-order valence-corrected chi connectivity index (χ0v) is 15.7. The SMILES string of the molecule is CCCc1cc(-c2cc(CON3CCNC3)ccn2)cc(OC)c1OC. The van der Waals surface area contributed by atoms with Crippen LogP contribution >= 0.6 is 0 Å². The Bertz CT molecular complexity index is 730. The van der Waals surface area contributed by atoms with Crippen molar-refractivity contribution in [2.75, 3.05) is 34.0 Å². The van der Waals surface area contributed by atoms with Crippen molar-refractivity contribution in [3.8, 4) is 22.8 Å².